The molecule has 8 heteroatoms. The molecule has 1 aliphatic heterocycles. The van der Waals surface area contributed by atoms with Crippen LogP contribution in [0.2, 0.25) is 0 Å². The first-order valence-electron chi connectivity index (χ1n) is 9.62. The first kappa shape index (κ1) is 20.0. The summed E-state index contributed by atoms with van der Waals surface area (Å²) in [5.41, 5.74) is 1.13. The van der Waals surface area contributed by atoms with Gasteiger partial charge in [-0.05, 0) is 35.9 Å². The summed E-state index contributed by atoms with van der Waals surface area (Å²) in [4.78, 5) is 31.7. The van der Waals surface area contributed by atoms with E-state index < -0.39 is 29.4 Å². The standard InChI is InChI=1S/C24H14F2N2O3S/c25-15-8-6-13(7-9-15)20-19(21(29)14-4-2-1-3-5-14)22(30)23(31)28(20)24-27-17-11-10-16(26)12-18(17)32-24/h1-12,20,29H/t20-/m1/s1. The van der Waals surface area contributed by atoms with E-state index in [0.717, 1.165) is 11.3 Å². The zero-order chi connectivity index (χ0) is 22.4. The number of benzene rings is 3. The summed E-state index contributed by atoms with van der Waals surface area (Å²) >= 11 is 1.05. The fraction of sp³-hybridized carbons (Fsp3) is 0.0417. The minimum absolute atomic E-state index is 0.127. The van der Waals surface area contributed by atoms with Crippen LogP contribution in [0.5, 0.6) is 0 Å². The van der Waals surface area contributed by atoms with Gasteiger partial charge in [0.1, 0.15) is 17.4 Å². The lowest BCUT2D eigenvalue weighted by Crippen LogP contribution is -2.29. The number of anilines is 1. The van der Waals surface area contributed by atoms with Crippen molar-refractivity contribution in [2.24, 2.45) is 0 Å². The van der Waals surface area contributed by atoms with E-state index in [-0.39, 0.29) is 16.5 Å². The minimum Gasteiger partial charge on any atom is -0.507 e. The van der Waals surface area contributed by atoms with Gasteiger partial charge in [0.15, 0.2) is 5.13 Å². The average molecular weight is 448 g/mol. The van der Waals surface area contributed by atoms with Crippen molar-refractivity contribution in [3.63, 3.8) is 0 Å². The van der Waals surface area contributed by atoms with Gasteiger partial charge < -0.3 is 5.11 Å². The van der Waals surface area contributed by atoms with Crippen LogP contribution in [0, 0.1) is 11.6 Å². The topological polar surface area (TPSA) is 70.5 Å². The van der Waals surface area contributed by atoms with E-state index in [1.807, 2.05) is 0 Å². The number of thiazole rings is 1. The zero-order valence-electron chi connectivity index (χ0n) is 16.3. The maximum atomic E-state index is 13.7. The van der Waals surface area contributed by atoms with Crippen LogP contribution in [0.25, 0.3) is 16.0 Å². The molecule has 1 aromatic heterocycles. The van der Waals surface area contributed by atoms with Crippen LogP contribution in [0.1, 0.15) is 17.2 Å². The van der Waals surface area contributed by atoms with Gasteiger partial charge in [0, 0.05) is 5.56 Å². The highest BCUT2D eigenvalue weighted by Crippen LogP contribution is 2.44. The molecule has 1 N–H and O–H groups in total. The number of halogens is 2. The number of aliphatic hydroxyl groups is 1. The Kier molecular flexibility index (Phi) is 4.79. The summed E-state index contributed by atoms with van der Waals surface area (Å²) in [7, 11) is 0. The van der Waals surface area contributed by atoms with Gasteiger partial charge in [-0.3, -0.25) is 14.5 Å². The third-order valence-electron chi connectivity index (χ3n) is 5.22. The Morgan fingerprint density at radius 2 is 1.62 bits per heavy atom. The molecule has 0 spiro atoms. The van der Waals surface area contributed by atoms with Gasteiger partial charge >= 0.3 is 5.91 Å². The molecule has 5 nitrogen and oxygen atoms in total. The maximum Gasteiger partial charge on any atom is 0.301 e. The Bertz CT molecular complexity index is 1400. The smallest absolute Gasteiger partial charge is 0.301 e. The van der Waals surface area contributed by atoms with E-state index in [0.29, 0.717) is 21.3 Å². The van der Waals surface area contributed by atoms with E-state index >= 15 is 0 Å². The number of Topliss-reactive ketones (excluding diaryl/α,β-unsaturated/α-hetero) is 1. The zero-order valence-corrected chi connectivity index (χ0v) is 17.1. The van der Waals surface area contributed by atoms with Crippen molar-refractivity contribution in [1.82, 2.24) is 4.98 Å². The fourth-order valence-corrected chi connectivity index (χ4v) is 4.75. The number of nitrogens with zero attached hydrogens (tertiary/aromatic N) is 2. The van der Waals surface area contributed by atoms with E-state index in [2.05, 4.69) is 4.98 Å². The van der Waals surface area contributed by atoms with Crippen molar-refractivity contribution >= 4 is 44.1 Å². The molecule has 1 aliphatic rings. The van der Waals surface area contributed by atoms with Crippen molar-refractivity contribution in [1.29, 1.82) is 0 Å². The monoisotopic (exact) mass is 448 g/mol. The van der Waals surface area contributed by atoms with Gasteiger partial charge in [-0.25, -0.2) is 13.8 Å². The normalized spacial score (nSPS) is 17.9. The number of hydrogen-bond acceptors (Lipinski definition) is 5. The second-order valence-corrected chi connectivity index (χ2v) is 8.20. The molecule has 0 bridgehead atoms. The summed E-state index contributed by atoms with van der Waals surface area (Å²) in [6.07, 6.45) is 0. The van der Waals surface area contributed by atoms with E-state index in [9.17, 15) is 23.5 Å². The molecule has 0 saturated carbocycles. The van der Waals surface area contributed by atoms with Crippen LogP contribution in [-0.2, 0) is 9.59 Å². The van der Waals surface area contributed by atoms with Gasteiger partial charge in [-0.1, -0.05) is 53.8 Å². The van der Waals surface area contributed by atoms with Gasteiger partial charge in [-0.15, -0.1) is 0 Å². The number of carbonyl (C=O) groups is 2. The lowest BCUT2D eigenvalue weighted by atomic mass is 9.95. The Hall–Kier alpha value is -3.91. The number of amides is 1. The van der Waals surface area contributed by atoms with Crippen molar-refractivity contribution in [2.75, 3.05) is 4.90 Å². The molecular formula is C24H14F2N2O3S. The molecule has 32 heavy (non-hydrogen) atoms. The lowest BCUT2D eigenvalue weighted by molar-refractivity contribution is -0.132. The summed E-state index contributed by atoms with van der Waals surface area (Å²) in [6.45, 7) is 0. The number of carbonyl (C=O) groups excluding carboxylic acids is 2. The predicted octanol–water partition coefficient (Wildman–Crippen LogP) is 5.20. The van der Waals surface area contributed by atoms with Crippen molar-refractivity contribution < 1.29 is 23.5 Å². The Morgan fingerprint density at radius 1 is 0.938 bits per heavy atom. The van der Waals surface area contributed by atoms with Crippen molar-refractivity contribution in [3.05, 3.63) is 101 Å². The molecule has 1 amide bonds. The number of ketones is 1. The summed E-state index contributed by atoms with van der Waals surface area (Å²) < 4.78 is 27.8. The van der Waals surface area contributed by atoms with E-state index in [4.69, 9.17) is 0 Å². The van der Waals surface area contributed by atoms with Crippen LogP contribution in [0.15, 0.2) is 78.4 Å². The third-order valence-corrected chi connectivity index (χ3v) is 6.24. The molecule has 158 valence electrons. The average Bonchev–Trinajstić information content (AvgIpc) is 3.32. The molecule has 2 heterocycles. The quantitative estimate of drug-likeness (QED) is 0.266. The highest BCUT2D eigenvalue weighted by Gasteiger charge is 2.48. The van der Waals surface area contributed by atoms with Crippen LogP contribution < -0.4 is 4.90 Å². The maximum absolute atomic E-state index is 13.7. The predicted molar refractivity (Wildman–Crippen MR) is 117 cm³/mol. The van der Waals surface area contributed by atoms with Crippen molar-refractivity contribution in [2.45, 2.75) is 6.04 Å². The highest BCUT2D eigenvalue weighted by molar-refractivity contribution is 7.22. The van der Waals surface area contributed by atoms with Gasteiger partial charge in [0.2, 0.25) is 0 Å². The van der Waals surface area contributed by atoms with Gasteiger partial charge in [-0.2, -0.15) is 0 Å². The molecule has 0 radical (unpaired) electrons. The van der Waals surface area contributed by atoms with Gasteiger partial charge in [0.05, 0.1) is 21.8 Å². The first-order valence-corrected chi connectivity index (χ1v) is 10.4. The Balaban J connectivity index is 1.73. The second-order valence-electron chi connectivity index (χ2n) is 7.20. The summed E-state index contributed by atoms with van der Waals surface area (Å²) in [6, 6.07) is 16.7. The number of rotatable bonds is 3. The van der Waals surface area contributed by atoms with E-state index in [1.165, 1.54) is 47.4 Å². The number of aromatic nitrogens is 1. The summed E-state index contributed by atoms with van der Waals surface area (Å²) in [5, 5.41) is 11.2. The molecule has 4 aromatic rings. The molecule has 1 atom stereocenters. The van der Waals surface area contributed by atoms with E-state index in [1.54, 1.807) is 30.3 Å². The SMILES string of the molecule is O=C1C(=O)N(c2nc3ccc(F)cc3s2)[C@H](c2ccc(F)cc2)C1=C(O)c1ccccc1. The molecular weight excluding hydrogens is 434 g/mol. The van der Waals surface area contributed by atoms with Crippen LogP contribution in [0.3, 0.4) is 0 Å². The number of hydrogen-bond donors (Lipinski definition) is 1. The third kappa shape index (κ3) is 3.25. The first-order chi connectivity index (χ1) is 15.4. The second kappa shape index (κ2) is 7.65. The lowest BCUT2D eigenvalue weighted by Gasteiger charge is -2.22. The van der Waals surface area contributed by atoms with Crippen LogP contribution in [-0.4, -0.2) is 21.8 Å². The Labute approximate surface area is 184 Å². The number of fused-ring (bicyclic) bond motifs is 1. The van der Waals surface area contributed by atoms with Crippen LogP contribution in [0.4, 0.5) is 13.9 Å². The molecule has 1 saturated heterocycles. The minimum atomic E-state index is -1.03. The summed E-state index contributed by atoms with van der Waals surface area (Å²) in [5.74, 6) is -3.03. The number of aliphatic hydroxyl groups excluding tert-OH is 1. The van der Waals surface area contributed by atoms with Crippen molar-refractivity contribution in [3.8, 4) is 0 Å². The fourth-order valence-electron chi connectivity index (χ4n) is 3.73. The molecule has 3 aromatic carbocycles. The Morgan fingerprint density at radius 3 is 2.34 bits per heavy atom. The highest BCUT2D eigenvalue weighted by atomic mass is 32.1. The molecule has 0 aliphatic carbocycles. The molecule has 0 unspecified atom stereocenters. The van der Waals surface area contributed by atoms with Gasteiger partial charge in [0.25, 0.3) is 5.78 Å². The van der Waals surface area contributed by atoms with Crippen LogP contribution >= 0.6 is 11.3 Å². The molecule has 1 fully saturated rings. The molecule has 5 rings (SSSR count). The largest absolute Gasteiger partial charge is 0.507 e.